The van der Waals surface area contributed by atoms with Gasteiger partial charge in [-0.15, -0.1) is 0 Å². The Balaban J connectivity index is 2.45. The number of rotatable bonds is 36. The third-order valence-corrected chi connectivity index (χ3v) is 15.1. The smallest absolute Gasteiger partial charge is 0.303 e. The average molecular weight is 1290 g/mol. The van der Waals surface area contributed by atoms with Gasteiger partial charge >= 0.3 is 5.97 Å². The molecular weight excluding hydrogens is 1190 g/mol. The first kappa shape index (κ1) is 78.0. The third-order valence-electron chi connectivity index (χ3n) is 15.1. The van der Waals surface area contributed by atoms with E-state index in [0.717, 1.165) is 0 Å². The van der Waals surface area contributed by atoms with Gasteiger partial charge in [0.25, 0.3) is 0 Å². The van der Waals surface area contributed by atoms with E-state index >= 15 is 0 Å². The van der Waals surface area contributed by atoms with Gasteiger partial charge < -0.3 is 91.6 Å². The fourth-order valence-electron chi connectivity index (χ4n) is 9.54. The number of aliphatic imine (C=N–C) groups is 1. The van der Waals surface area contributed by atoms with Gasteiger partial charge in [-0.05, 0) is 101 Å². The average Bonchev–Trinajstić information content (AvgIpc) is 1.72. The van der Waals surface area contributed by atoms with Crippen LogP contribution in [0.2, 0.25) is 0 Å². The number of hydrogen-bond donors (Lipinski definition) is 16. The van der Waals surface area contributed by atoms with Crippen LogP contribution >= 0.6 is 0 Å². The zero-order valence-electron chi connectivity index (χ0n) is 53.2. The van der Waals surface area contributed by atoms with Crippen LogP contribution in [0.1, 0.15) is 151 Å². The number of benzene rings is 1. The maximum absolute atomic E-state index is 14.5. The predicted molar refractivity (Wildman–Crippen MR) is 331 cm³/mol. The fourth-order valence-corrected chi connectivity index (χ4v) is 9.54. The molecule has 0 unspecified atom stereocenters. The van der Waals surface area contributed by atoms with Gasteiger partial charge in [-0.25, -0.2) is 0 Å². The van der Waals surface area contributed by atoms with Gasteiger partial charge in [0.15, 0.2) is 5.96 Å². The van der Waals surface area contributed by atoms with Crippen molar-refractivity contribution in [3.05, 3.63) is 29.8 Å². The summed E-state index contributed by atoms with van der Waals surface area (Å²) in [5, 5.41) is 42.3. The lowest BCUT2D eigenvalue weighted by Gasteiger charge is -2.34. The molecule has 0 aliphatic carbocycles. The minimum Gasteiger partial charge on any atom is -0.508 e. The van der Waals surface area contributed by atoms with Crippen molar-refractivity contribution < 1.29 is 77.3 Å². The molecule has 1 aromatic carbocycles. The van der Waals surface area contributed by atoms with Gasteiger partial charge in [-0.2, -0.15) is 0 Å². The van der Waals surface area contributed by atoms with Crippen molar-refractivity contribution in [2.45, 2.75) is 212 Å². The van der Waals surface area contributed by atoms with E-state index in [2.05, 4.69) is 52.8 Å². The molecule has 1 aliphatic rings. The molecule has 0 aromatic heterocycles. The highest BCUT2D eigenvalue weighted by Gasteiger charge is 2.39. The lowest BCUT2D eigenvalue weighted by Crippen LogP contribution is -2.61. The Bertz CT molecular complexity index is 2740. The maximum Gasteiger partial charge on any atom is 0.303 e. The van der Waals surface area contributed by atoms with Gasteiger partial charge in [-0.3, -0.25) is 72.1 Å². The molecule has 508 valence electrons. The van der Waals surface area contributed by atoms with E-state index in [1.54, 1.807) is 41.5 Å². The minimum atomic E-state index is -1.61. The quantitative estimate of drug-likeness (QED) is 0.0179. The summed E-state index contributed by atoms with van der Waals surface area (Å²) in [5.41, 5.74) is 28.1. The van der Waals surface area contributed by atoms with E-state index in [9.17, 15) is 77.3 Å². The molecule has 2 rings (SSSR count). The molecule has 1 saturated heterocycles. The monoisotopic (exact) mass is 1280 g/mol. The van der Waals surface area contributed by atoms with Crippen LogP contribution in [0.25, 0.3) is 0 Å². The first-order valence-electron chi connectivity index (χ1n) is 30.6. The Kier molecular flexibility index (Phi) is 33.5. The third kappa shape index (κ3) is 28.5. The number of primary amides is 3. The molecular formula is C59H96N16O16. The van der Waals surface area contributed by atoms with Crippen LogP contribution in [0.5, 0.6) is 5.75 Å². The number of nitrogens with two attached hydrogens (primary N) is 5. The largest absolute Gasteiger partial charge is 0.508 e. The van der Waals surface area contributed by atoms with Crippen LogP contribution < -0.4 is 76.5 Å². The standard InChI is InChI=1S/C59H96N16O16/c1-9-32(6)48(57(90)71-41(49(62)82)29-35-16-18-36(76)19-17-35)74-55(88)40(22-25-46(80)81)68-50(83)33(7)66-56(89)42(28-30(2)3)72-53(86)39(21-24-44(61)78)70-52(85)37(14-13-26-65-59(63)64)69-51(84)34(8)75-27-12-10-11-15-45(79)67-38(20-23-43(60)77)54(87)73-47(31(4)5)58(75)91/h16-19,30-34,37-42,47-48,76H,9-15,20-29H2,1-8H3,(H2,60,77)(H2,61,78)(H2,62,82)(H,66,89)(H,67,79)(H,68,83)(H,69,84)(H,70,85)(H,71,90)(H,72,86)(H,73,87)(H,74,88)(H,80,81)(H4,63,64,65)/t32-,33-,34-,37-,38-,39-,40-,41-,42-,47-,48-/m0/s1. The van der Waals surface area contributed by atoms with Crippen molar-refractivity contribution in [1.82, 2.24) is 52.8 Å². The van der Waals surface area contributed by atoms with Gasteiger partial charge in [0, 0.05) is 45.2 Å². The van der Waals surface area contributed by atoms with E-state index in [4.69, 9.17) is 28.7 Å². The number of carbonyl (C=O) groups is 14. The fraction of sp³-hybridized carbons (Fsp3) is 0.644. The summed E-state index contributed by atoms with van der Waals surface area (Å²) in [4.78, 5) is 193. The Morgan fingerprint density at radius 3 is 1.71 bits per heavy atom. The van der Waals surface area contributed by atoms with Crippen molar-refractivity contribution in [1.29, 1.82) is 0 Å². The number of phenolic OH excluding ortho intramolecular Hbond substituents is 1. The Morgan fingerprint density at radius 1 is 0.626 bits per heavy atom. The highest BCUT2D eigenvalue weighted by atomic mass is 16.4. The molecule has 0 radical (unpaired) electrons. The topological polar surface area (TPSA) is 533 Å². The molecule has 1 fully saturated rings. The number of nitrogens with one attached hydrogen (secondary N) is 9. The molecule has 1 aliphatic heterocycles. The van der Waals surface area contributed by atoms with Gasteiger partial charge in [0.05, 0.1) is 0 Å². The normalized spacial score (nSPS) is 17.7. The first-order valence-corrected chi connectivity index (χ1v) is 30.6. The molecule has 32 heteroatoms. The Labute approximate surface area is 529 Å². The lowest BCUT2D eigenvalue weighted by molar-refractivity contribution is -0.145. The number of amides is 13. The number of carbonyl (C=O) groups excluding carboxylic acids is 13. The molecule has 1 aromatic rings. The molecule has 0 saturated carbocycles. The molecule has 1 heterocycles. The predicted octanol–water partition coefficient (Wildman–Crippen LogP) is -3.21. The Morgan fingerprint density at radius 2 is 1.16 bits per heavy atom. The van der Waals surface area contributed by atoms with Gasteiger partial charge in [0.2, 0.25) is 76.8 Å². The number of aromatic hydroxyl groups is 1. The molecule has 0 bridgehead atoms. The van der Waals surface area contributed by atoms with E-state index in [-0.39, 0.29) is 75.7 Å². The van der Waals surface area contributed by atoms with Crippen LogP contribution in [0.15, 0.2) is 29.3 Å². The van der Waals surface area contributed by atoms with Crippen LogP contribution in [-0.2, 0) is 73.5 Å². The first-order chi connectivity index (χ1) is 42.6. The van der Waals surface area contributed by atoms with Gasteiger partial charge in [0.1, 0.15) is 66.2 Å². The minimum absolute atomic E-state index is 0.0146. The van der Waals surface area contributed by atoms with Crippen LogP contribution in [0.3, 0.4) is 0 Å². The Hall–Kier alpha value is -9.13. The van der Waals surface area contributed by atoms with Crippen LogP contribution in [0, 0.1) is 17.8 Å². The lowest BCUT2D eigenvalue weighted by atomic mass is 9.96. The summed E-state index contributed by atoms with van der Waals surface area (Å²) in [6.45, 7) is 12.7. The molecule has 21 N–H and O–H groups in total. The number of nitrogens with zero attached hydrogens (tertiary/aromatic N) is 2. The summed E-state index contributed by atoms with van der Waals surface area (Å²) in [6, 6.07) is -8.18. The second-order valence-electron chi connectivity index (χ2n) is 23.6. The number of phenols is 1. The number of aliphatic carboxylic acids is 1. The van der Waals surface area contributed by atoms with Gasteiger partial charge in [-0.1, -0.05) is 66.5 Å². The summed E-state index contributed by atoms with van der Waals surface area (Å²) in [6.07, 6.45) is -1.23. The zero-order chi connectivity index (χ0) is 68.8. The number of guanidine groups is 1. The van der Waals surface area contributed by atoms with E-state index in [1.807, 2.05) is 0 Å². The van der Waals surface area contributed by atoms with Crippen molar-refractivity contribution >= 4 is 88.7 Å². The van der Waals surface area contributed by atoms with Crippen molar-refractivity contribution in [3.63, 3.8) is 0 Å². The van der Waals surface area contributed by atoms with Crippen LogP contribution in [0.4, 0.5) is 0 Å². The van der Waals surface area contributed by atoms with Crippen molar-refractivity contribution in [2.75, 3.05) is 13.1 Å². The van der Waals surface area contributed by atoms with Crippen molar-refractivity contribution in [2.24, 2.45) is 51.4 Å². The molecule has 13 amide bonds. The zero-order valence-corrected chi connectivity index (χ0v) is 53.2. The SMILES string of the molecule is CC[C@H](C)[C@H](NC(=O)[C@H](CCC(=O)O)NC(=O)[C@H](C)NC(=O)[C@H](CC(C)C)NC(=O)[C@H](CCC(N)=O)NC(=O)[C@H](CCCN=C(N)N)NC(=O)[C@H](C)N1CCCCCC(=O)N[C@@H](CCC(N)=O)C(=O)N[C@@H](C(C)C)C1=O)C(=O)N[C@@H](Cc1ccc(O)cc1)C(N)=O. The van der Waals surface area contributed by atoms with E-state index < -0.39 is 181 Å². The summed E-state index contributed by atoms with van der Waals surface area (Å²) < 4.78 is 0. The second-order valence-corrected chi connectivity index (χ2v) is 23.6. The molecule has 32 nitrogen and oxygen atoms in total. The highest BCUT2D eigenvalue weighted by molar-refractivity contribution is 5.99. The summed E-state index contributed by atoms with van der Waals surface area (Å²) in [7, 11) is 0. The summed E-state index contributed by atoms with van der Waals surface area (Å²) >= 11 is 0. The van der Waals surface area contributed by atoms with Crippen LogP contribution in [-0.4, -0.2) is 177 Å². The molecule has 91 heavy (non-hydrogen) atoms. The number of carboxylic acid groups (broad SMARTS) is 1. The van der Waals surface area contributed by atoms with Crippen molar-refractivity contribution in [3.8, 4) is 5.75 Å². The molecule has 0 spiro atoms. The second kappa shape index (κ2) is 39.1. The highest BCUT2D eigenvalue weighted by Crippen LogP contribution is 2.18. The van der Waals surface area contributed by atoms with E-state index in [1.165, 1.54) is 43.0 Å². The number of carboxylic acids is 1. The maximum atomic E-state index is 14.5. The number of hydrogen-bond acceptors (Lipinski definition) is 16. The molecule has 11 atom stereocenters. The summed E-state index contributed by atoms with van der Waals surface area (Å²) in [5.74, 6) is -14.0. The van der Waals surface area contributed by atoms with E-state index in [0.29, 0.717) is 31.2 Å².